The largest absolute Gasteiger partial charge is 0.481 e. The van der Waals surface area contributed by atoms with Gasteiger partial charge in [-0.15, -0.1) is 0 Å². The highest BCUT2D eigenvalue weighted by Crippen LogP contribution is 2.29. The Hall–Kier alpha value is -2.00. The van der Waals surface area contributed by atoms with E-state index in [-0.39, 0.29) is 12.1 Å². The third-order valence-corrected chi connectivity index (χ3v) is 4.39. The summed E-state index contributed by atoms with van der Waals surface area (Å²) in [5, 5.41) is 19.4. The molecule has 0 radical (unpaired) electrons. The molecule has 20 heavy (non-hydrogen) atoms. The Morgan fingerprint density at radius 2 is 2.00 bits per heavy atom. The Bertz CT molecular complexity index is 653. The number of hydrogen-bond donors (Lipinski definition) is 2. The molecule has 0 saturated heterocycles. The number of benzene rings is 1. The number of carboxylic acid groups (broad SMARTS) is 1. The highest BCUT2D eigenvalue weighted by molar-refractivity contribution is 7.89. The molecule has 2 N–H and O–H groups in total. The Morgan fingerprint density at radius 1 is 1.40 bits per heavy atom. The van der Waals surface area contributed by atoms with E-state index in [9.17, 15) is 23.3 Å². The molecular weight excluding hydrogens is 288 g/mol. The molecule has 1 aromatic carbocycles. The molecule has 1 aromatic rings. The maximum Gasteiger partial charge on any atom is 0.304 e. The number of hydrogen-bond acceptors (Lipinski definition) is 5. The summed E-state index contributed by atoms with van der Waals surface area (Å²) in [4.78, 5) is 20.1. The van der Waals surface area contributed by atoms with Crippen molar-refractivity contribution in [3.63, 3.8) is 0 Å². The number of carbonyl (C=O) groups is 1. The summed E-state index contributed by atoms with van der Waals surface area (Å²) in [7, 11) is -4.14. The molecule has 9 heteroatoms. The van der Waals surface area contributed by atoms with Gasteiger partial charge in [0.25, 0.3) is 5.69 Å². The van der Waals surface area contributed by atoms with Gasteiger partial charge in [0.1, 0.15) is 0 Å². The first-order chi connectivity index (χ1) is 9.16. The molecule has 0 spiro atoms. The van der Waals surface area contributed by atoms with Crippen molar-refractivity contribution >= 4 is 21.7 Å². The maximum absolute atomic E-state index is 12.1. The van der Waals surface area contributed by atoms with Crippen LogP contribution in [0.5, 0.6) is 0 Å². The Balaban J connectivity index is 3.26. The highest BCUT2D eigenvalue weighted by Gasteiger charge is 2.28. The van der Waals surface area contributed by atoms with Crippen molar-refractivity contribution < 1.29 is 23.2 Å². The van der Waals surface area contributed by atoms with Gasteiger partial charge in [-0.2, -0.15) is 0 Å². The second kappa shape index (κ2) is 5.97. The molecule has 8 nitrogen and oxygen atoms in total. The maximum atomic E-state index is 12.1. The van der Waals surface area contributed by atoms with Crippen LogP contribution in [0.3, 0.4) is 0 Å². The third-order valence-electron chi connectivity index (χ3n) is 2.75. The lowest BCUT2D eigenvalue weighted by Gasteiger charge is -2.11. The summed E-state index contributed by atoms with van der Waals surface area (Å²) in [6.07, 6.45) is -0.405. The number of aliphatic carboxylic acids is 1. The van der Waals surface area contributed by atoms with Gasteiger partial charge in [-0.1, -0.05) is 6.07 Å². The van der Waals surface area contributed by atoms with Crippen molar-refractivity contribution in [2.75, 3.05) is 6.54 Å². The fourth-order valence-electron chi connectivity index (χ4n) is 1.62. The van der Waals surface area contributed by atoms with E-state index in [2.05, 4.69) is 4.72 Å². The zero-order valence-electron chi connectivity index (χ0n) is 10.9. The van der Waals surface area contributed by atoms with E-state index in [0.29, 0.717) is 5.56 Å². The zero-order valence-corrected chi connectivity index (χ0v) is 11.7. The average Bonchev–Trinajstić information content (AvgIpc) is 2.30. The molecule has 0 amide bonds. The molecule has 0 fully saturated rings. The summed E-state index contributed by atoms with van der Waals surface area (Å²) < 4.78 is 26.3. The summed E-state index contributed by atoms with van der Waals surface area (Å²) >= 11 is 0. The zero-order chi connectivity index (χ0) is 15.5. The smallest absolute Gasteiger partial charge is 0.304 e. The van der Waals surface area contributed by atoms with E-state index in [1.807, 2.05) is 0 Å². The first-order valence-corrected chi connectivity index (χ1v) is 7.11. The Kier molecular flexibility index (Phi) is 4.79. The summed E-state index contributed by atoms with van der Waals surface area (Å²) in [6.45, 7) is 2.77. The van der Waals surface area contributed by atoms with Gasteiger partial charge in [0.05, 0.1) is 11.3 Å². The van der Waals surface area contributed by atoms with Crippen LogP contribution in [0.15, 0.2) is 17.0 Å². The number of carboxylic acids is 1. The second-order valence-electron chi connectivity index (χ2n) is 4.15. The molecule has 0 aliphatic carbocycles. The van der Waals surface area contributed by atoms with E-state index < -0.39 is 37.9 Å². The normalized spacial score (nSPS) is 11.3. The third kappa shape index (κ3) is 3.52. The first-order valence-electron chi connectivity index (χ1n) is 5.63. The standard InChI is InChI=1S/C11H14N2O6S/c1-7-3-4-9(13(16)17)11(8(7)2)20(18,19)12-6-5-10(14)15/h3-4,12H,5-6H2,1-2H3,(H,14,15). The molecule has 110 valence electrons. The van der Waals surface area contributed by atoms with Crippen molar-refractivity contribution in [1.29, 1.82) is 0 Å². The predicted molar refractivity (Wildman–Crippen MR) is 70.0 cm³/mol. The highest BCUT2D eigenvalue weighted by atomic mass is 32.2. The van der Waals surface area contributed by atoms with Crippen LogP contribution >= 0.6 is 0 Å². The molecule has 0 aliphatic heterocycles. The number of aryl methyl sites for hydroxylation is 1. The lowest BCUT2D eigenvalue weighted by atomic mass is 10.1. The predicted octanol–water partition coefficient (Wildman–Crippen LogP) is 0.965. The van der Waals surface area contributed by atoms with Gasteiger partial charge < -0.3 is 5.11 Å². The van der Waals surface area contributed by atoms with Crippen LogP contribution in [0.2, 0.25) is 0 Å². The minimum atomic E-state index is -4.14. The summed E-state index contributed by atoms with van der Waals surface area (Å²) in [5.74, 6) is -1.16. The van der Waals surface area contributed by atoms with Crippen LogP contribution in [0, 0.1) is 24.0 Å². The molecule has 0 atom stereocenters. The van der Waals surface area contributed by atoms with Crippen molar-refractivity contribution in [3.05, 3.63) is 33.4 Å². The van der Waals surface area contributed by atoms with Crippen LogP contribution in [0.4, 0.5) is 5.69 Å². The van der Waals surface area contributed by atoms with E-state index >= 15 is 0 Å². The van der Waals surface area contributed by atoms with Gasteiger partial charge in [-0.25, -0.2) is 13.1 Å². The number of nitro benzene ring substituents is 1. The van der Waals surface area contributed by atoms with Crippen LogP contribution < -0.4 is 4.72 Å². The monoisotopic (exact) mass is 302 g/mol. The van der Waals surface area contributed by atoms with Crippen molar-refractivity contribution in [3.8, 4) is 0 Å². The molecule has 0 heterocycles. The minimum absolute atomic E-state index is 0.266. The van der Waals surface area contributed by atoms with Crippen molar-refractivity contribution in [2.45, 2.75) is 25.2 Å². The Morgan fingerprint density at radius 3 is 2.50 bits per heavy atom. The van der Waals surface area contributed by atoms with E-state index in [0.717, 1.165) is 6.07 Å². The van der Waals surface area contributed by atoms with E-state index in [4.69, 9.17) is 5.11 Å². The molecule has 0 aromatic heterocycles. The van der Waals surface area contributed by atoms with Gasteiger partial charge in [0.15, 0.2) is 4.90 Å². The summed E-state index contributed by atoms with van der Waals surface area (Å²) in [6, 6.07) is 2.58. The molecule has 0 bridgehead atoms. The van der Waals surface area contributed by atoms with Crippen LogP contribution in [0.1, 0.15) is 17.5 Å². The van der Waals surface area contributed by atoms with Crippen LogP contribution in [-0.2, 0) is 14.8 Å². The van der Waals surface area contributed by atoms with Gasteiger partial charge in [-0.05, 0) is 25.0 Å². The SMILES string of the molecule is Cc1ccc([N+](=O)[O-])c(S(=O)(=O)NCCC(=O)O)c1C. The molecule has 0 aliphatic rings. The number of nitro groups is 1. The average molecular weight is 302 g/mol. The number of sulfonamides is 1. The topological polar surface area (TPSA) is 127 Å². The lowest BCUT2D eigenvalue weighted by Crippen LogP contribution is -2.27. The number of nitrogens with zero attached hydrogens (tertiary/aromatic N) is 1. The molecule has 0 unspecified atom stereocenters. The minimum Gasteiger partial charge on any atom is -0.481 e. The summed E-state index contributed by atoms with van der Waals surface area (Å²) in [5.41, 5.74) is 0.326. The van der Waals surface area contributed by atoms with Gasteiger partial charge in [0.2, 0.25) is 10.0 Å². The van der Waals surface area contributed by atoms with Gasteiger partial charge in [0, 0.05) is 12.6 Å². The first kappa shape index (κ1) is 16.1. The van der Waals surface area contributed by atoms with Crippen molar-refractivity contribution in [1.82, 2.24) is 4.72 Å². The van der Waals surface area contributed by atoms with Gasteiger partial charge in [-0.3, -0.25) is 14.9 Å². The van der Waals surface area contributed by atoms with Crippen LogP contribution in [0.25, 0.3) is 0 Å². The van der Waals surface area contributed by atoms with Crippen LogP contribution in [-0.4, -0.2) is 31.0 Å². The number of nitrogens with one attached hydrogen (secondary N) is 1. The number of rotatable bonds is 6. The molecule has 1 rings (SSSR count). The van der Waals surface area contributed by atoms with E-state index in [1.54, 1.807) is 6.92 Å². The Labute approximate surface area is 115 Å². The van der Waals surface area contributed by atoms with Crippen molar-refractivity contribution in [2.24, 2.45) is 0 Å². The fraction of sp³-hybridized carbons (Fsp3) is 0.364. The van der Waals surface area contributed by atoms with E-state index in [1.165, 1.54) is 13.0 Å². The van der Waals surface area contributed by atoms with Gasteiger partial charge >= 0.3 is 5.97 Å². The molecular formula is C11H14N2O6S. The fourth-order valence-corrected chi connectivity index (χ4v) is 3.12. The second-order valence-corrected chi connectivity index (χ2v) is 5.86. The lowest BCUT2D eigenvalue weighted by molar-refractivity contribution is -0.387. The quantitative estimate of drug-likeness (QED) is 0.595. The molecule has 0 saturated carbocycles.